The van der Waals surface area contributed by atoms with E-state index in [0.29, 0.717) is 26.2 Å². The molecule has 25 heavy (non-hydrogen) atoms. The summed E-state index contributed by atoms with van der Waals surface area (Å²) in [6, 6.07) is 0. The molecule has 0 spiro atoms. The standard InChI is InChI=1S/2C7H14NO3P.Ca/c2*1-3-5-8(6-4-2)7-11-12(9)10;/h2*3-4,12H,1-2,5-7H2,(H,9,10);/q;;+2/p-2. The van der Waals surface area contributed by atoms with Crippen molar-refractivity contribution in [3.8, 4) is 0 Å². The van der Waals surface area contributed by atoms with Crippen LogP contribution in [-0.4, -0.2) is 87.2 Å². The van der Waals surface area contributed by atoms with Crippen molar-refractivity contribution in [1.82, 2.24) is 9.80 Å². The van der Waals surface area contributed by atoms with Crippen molar-refractivity contribution in [2.24, 2.45) is 0 Å². The van der Waals surface area contributed by atoms with Gasteiger partial charge in [0.25, 0.3) is 0 Å². The zero-order valence-corrected chi connectivity index (χ0v) is 18.6. The third kappa shape index (κ3) is 24.4. The van der Waals surface area contributed by atoms with Crippen LogP contribution < -0.4 is 9.79 Å². The van der Waals surface area contributed by atoms with Crippen molar-refractivity contribution in [1.29, 1.82) is 0 Å². The van der Waals surface area contributed by atoms with E-state index in [1.54, 1.807) is 34.1 Å². The summed E-state index contributed by atoms with van der Waals surface area (Å²) in [6.07, 6.45) is 6.70. The third-order valence-corrected chi connectivity index (χ3v) is 3.01. The first-order chi connectivity index (χ1) is 11.4. The van der Waals surface area contributed by atoms with E-state index in [0.717, 1.165) is 0 Å². The predicted molar refractivity (Wildman–Crippen MR) is 99.6 cm³/mol. The first kappa shape index (κ1) is 30.2. The van der Waals surface area contributed by atoms with Gasteiger partial charge < -0.3 is 28.0 Å². The molecule has 0 aromatic heterocycles. The van der Waals surface area contributed by atoms with Gasteiger partial charge in [0.2, 0.25) is 0 Å². The van der Waals surface area contributed by atoms with E-state index in [-0.39, 0.29) is 51.2 Å². The minimum absolute atomic E-state index is 0. The van der Waals surface area contributed by atoms with Gasteiger partial charge >= 0.3 is 37.7 Å². The van der Waals surface area contributed by atoms with Crippen LogP contribution in [0.2, 0.25) is 0 Å². The number of rotatable bonds is 14. The van der Waals surface area contributed by atoms with E-state index < -0.39 is 16.5 Å². The Hall–Kier alpha value is 0.440. The molecule has 0 fully saturated rings. The van der Waals surface area contributed by atoms with Gasteiger partial charge in [0.1, 0.15) is 30.0 Å². The monoisotopic (exact) mass is 420 g/mol. The molecule has 0 heterocycles. The minimum Gasteiger partial charge on any atom is -0.781 e. The SMILES string of the molecule is C=CCN(CC=C)CO[PH](=O)[O-].C=CCN(CC=C)CO[PH](=O)[O-].[Ca+2]. The minimum atomic E-state index is -3.08. The Morgan fingerprint density at radius 2 is 0.960 bits per heavy atom. The zero-order chi connectivity index (χ0) is 18.8. The zero-order valence-electron chi connectivity index (χ0n) is 14.4. The van der Waals surface area contributed by atoms with Gasteiger partial charge in [-0.05, 0) is 0 Å². The van der Waals surface area contributed by atoms with Gasteiger partial charge in [-0.15, -0.1) is 26.3 Å². The summed E-state index contributed by atoms with van der Waals surface area (Å²) in [4.78, 5) is 23.7. The van der Waals surface area contributed by atoms with Gasteiger partial charge in [-0.25, -0.2) is 0 Å². The predicted octanol–water partition coefficient (Wildman–Crippen LogP) is 0.388. The number of hydrogen-bond donors (Lipinski definition) is 0. The molecule has 0 saturated heterocycles. The van der Waals surface area contributed by atoms with Crippen molar-refractivity contribution in [2.45, 2.75) is 0 Å². The van der Waals surface area contributed by atoms with E-state index in [1.165, 1.54) is 0 Å². The van der Waals surface area contributed by atoms with Crippen LogP contribution >= 0.6 is 16.5 Å². The molecule has 11 heteroatoms. The van der Waals surface area contributed by atoms with Crippen LogP contribution in [0.15, 0.2) is 50.6 Å². The molecule has 0 aliphatic carbocycles. The Morgan fingerprint density at radius 3 is 1.12 bits per heavy atom. The molecule has 0 amide bonds. The summed E-state index contributed by atoms with van der Waals surface area (Å²) in [5.74, 6) is 0. The summed E-state index contributed by atoms with van der Waals surface area (Å²) in [6.45, 7) is 16.6. The molecule has 0 N–H and O–H groups in total. The summed E-state index contributed by atoms with van der Waals surface area (Å²) in [5, 5.41) is 0. The molecule has 0 saturated carbocycles. The van der Waals surface area contributed by atoms with Crippen LogP contribution in [-0.2, 0) is 18.2 Å². The van der Waals surface area contributed by atoms with Crippen molar-refractivity contribution in [2.75, 3.05) is 39.6 Å². The van der Waals surface area contributed by atoms with Crippen LogP contribution in [0.3, 0.4) is 0 Å². The fourth-order valence-corrected chi connectivity index (χ4v) is 1.95. The van der Waals surface area contributed by atoms with Gasteiger partial charge in [-0.2, -0.15) is 0 Å². The van der Waals surface area contributed by atoms with Crippen LogP contribution in [0.25, 0.3) is 0 Å². The third-order valence-electron chi connectivity index (χ3n) is 2.28. The van der Waals surface area contributed by atoms with Gasteiger partial charge in [-0.1, -0.05) is 24.3 Å². The van der Waals surface area contributed by atoms with Crippen LogP contribution in [0.1, 0.15) is 0 Å². The van der Waals surface area contributed by atoms with E-state index in [2.05, 4.69) is 35.4 Å². The fourth-order valence-electron chi connectivity index (χ4n) is 1.38. The van der Waals surface area contributed by atoms with Gasteiger partial charge in [0.05, 0.1) is 0 Å². The molecular formula is C14H26CaN2O6P2. The molecule has 140 valence electrons. The molecule has 0 aromatic carbocycles. The van der Waals surface area contributed by atoms with E-state index in [1.807, 2.05) is 0 Å². The van der Waals surface area contributed by atoms with Crippen LogP contribution in [0.5, 0.6) is 0 Å². The molecular weight excluding hydrogens is 394 g/mol. The normalized spacial score (nSPS) is 12.3. The van der Waals surface area contributed by atoms with E-state index in [4.69, 9.17) is 0 Å². The molecule has 0 rings (SSSR count). The summed E-state index contributed by atoms with van der Waals surface area (Å²) in [5.41, 5.74) is 0. The molecule has 0 aliphatic heterocycles. The van der Waals surface area contributed by atoms with E-state index >= 15 is 0 Å². The van der Waals surface area contributed by atoms with Crippen molar-refractivity contribution in [3.63, 3.8) is 0 Å². The Bertz CT molecular complexity index is 368. The van der Waals surface area contributed by atoms with Gasteiger partial charge in [0.15, 0.2) is 0 Å². The molecule has 8 nitrogen and oxygen atoms in total. The van der Waals surface area contributed by atoms with Crippen molar-refractivity contribution >= 4 is 54.2 Å². The maximum atomic E-state index is 10.1. The number of nitrogens with zero attached hydrogens (tertiary/aromatic N) is 2. The second-order valence-electron chi connectivity index (χ2n) is 4.27. The number of hydrogen-bond acceptors (Lipinski definition) is 8. The quantitative estimate of drug-likeness (QED) is 0.172. The van der Waals surface area contributed by atoms with Crippen molar-refractivity contribution < 1.29 is 28.0 Å². The van der Waals surface area contributed by atoms with Gasteiger partial charge in [-0.3, -0.25) is 9.80 Å². The summed E-state index contributed by atoms with van der Waals surface area (Å²) in [7, 11) is -6.15. The molecule has 0 aliphatic rings. The maximum Gasteiger partial charge on any atom is 2.00 e. The molecule has 0 radical (unpaired) electrons. The molecule has 0 bridgehead atoms. The second-order valence-corrected chi connectivity index (χ2v) is 5.85. The van der Waals surface area contributed by atoms with Crippen LogP contribution in [0.4, 0.5) is 0 Å². The molecule has 2 atom stereocenters. The summed E-state index contributed by atoms with van der Waals surface area (Å²) >= 11 is 0. The topological polar surface area (TPSA) is 105 Å². The first-order valence-corrected chi connectivity index (χ1v) is 9.41. The Kier molecular flexibility index (Phi) is 27.1. The molecule has 2 unspecified atom stereocenters. The largest absolute Gasteiger partial charge is 2.00 e. The van der Waals surface area contributed by atoms with Crippen molar-refractivity contribution in [3.05, 3.63) is 50.6 Å². The van der Waals surface area contributed by atoms with E-state index in [9.17, 15) is 18.9 Å². The Morgan fingerprint density at radius 1 is 0.720 bits per heavy atom. The molecule has 0 aromatic rings. The average molecular weight is 420 g/mol. The van der Waals surface area contributed by atoms with Crippen LogP contribution in [0, 0.1) is 0 Å². The fraction of sp³-hybridized carbons (Fsp3) is 0.429. The smallest absolute Gasteiger partial charge is 0.781 e. The Balaban J connectivity index is -0.000000372. The summed E-state index contributed by atoms with van der Waals surface area (Å²) < 4.78 is 29.0. The first-order valence-electron chi connectivity index (χ1n) is 6.97. The van der Waals surface area contributed by atoms with Gasteiger partial charge in [0, 0.05) is 26.2 Å². The maximum absolute atomic E-state index is 10.1. The average Bonchev–Trinajstić information content (AvgIpc) is 2.52. The Labute approximate surface area is 181 Å². The second kappa shape index (κ2) is 22.5.